The third kappa shape index (κ3) is 4.45. The molecule has 1 rings (SSSR count). The fourth-order valence-corrected chi connectivity index (χ4v) is 1.12. The zero-order valence-electron chi connectivity index (χ0n) is 9.56. The molecule has 17 heavy (non-hydrogen) atoms. The number of carbonyl (C=O) groups excluding carboxylic acids is 2. The Bertz CT molecular complexity index is 390. The van der Waals surface area contributed by atoms with Gasteiger partial charge in [0.25, 0.3) is 5.91 Å². The molecule has 0 saturated carbocycles. The Labute approximate surface area is 98.8 Å². The number of carbonyl (C=O) groups is 2. The summed E-state index contributed by atoms with van der Waals surface area (Å²) in [5, 5.41) is 5.20. The van der Waals surface area contributed by atoms with Gasteiger partial charge in [0, 0.05) is 19.5 Å². The Kier molecular flexibility index (Phi) is 4.86. The molecule has 0 fully saturated rings. The number of hydrogen-bond donors (Lipinski definition) is 3. The van der Waals surface area contributed by atoms with Crippen LogP contribution in [0.5, 0.6) is 0 Å². The predicted octanol–water partition coefficient (Wildman–Crippen LogP) is -0.685. The van der Waals surface area contributed by atoms with Crippen molar-refractivity contribution >= 4 is 17.6 Å². The van der Waals surface area contributed by atoms with Crippen LogP contribution in [0.1, 0.15) is 23.8 Å². The monoisotopic (exact) mass is 237 g/mol. The van der Waals surface area contributed by atoms with Crippen LogP contribution in [-0.2, 0) is 4.79 Å². The molecule has 0 unspecified atom stereocenters. The summed E-state index contributed by atoms with van der Waals surface area (Å²) >= 11 is 0. The van der Waals surface area contributed by atoms with Crippen LogP contribution in [0.25, 0.3) is 0 Å². The molecular weight excluding hydrogens is 222 g/mol. The highest BCUT2D eigenvalue weighted by molar-refractivity contribution is 5.92. The molecule has 4 N–H and O–H groups in total. The van der Waals surface area contributed by atoms with Crippen LogP contribution < -0.4 is 16.4 Å². The van der Waals surface area contributed by atoms with Gasteiger partial charge in [0.2, 0.25) is 5.91 Å². The molecule has 2 amide bonds. The molecule has 0 atom stereocenters. The standard InChI is InChI=1S/C10H15N5O2/c1-2-12-9(16)3-4-13-10(17)7-5-15-8(11)6-14-7/h5-6H,2-4H2,1H3,(H2,11,15)(H,12,16)(H,13,17). The van der Waals surface area contributed by atoms with Crippen LogP contribution in [0.3, 0.4) is 0 Å². The summed E-state index contributed by atoms with van der Waals surface area (Å²) in [5.41, 5.74) is 5.52. The second-order valence-electron chi connectivity index (χ2n) is 3.29. The number of aromatic nitrogens is 2. The summed E-state index contributed by atoms with van der Waals surface area (Å²) in [6.45, 7) is 2.67. The Morgan fingerprint density at radius 2 is 2.06 bits per heavy atom. The zero-order valence-corrected chi connectivity index (χ0v) is 9.56. The molecule has 0 aliphatic heterocycles. The lowest BCUT2D eigenvalue weighted by atomic mass is 10.3. The van der Waals surface area contributed by atoms with Gasteiger partial charge in [-0.15, -0.1) is 0 Å². The van der Waals surface area contributed by atoms with Gasteiger partial charge in [0.1, 0.15) is 11.5 Å². The largest absolute Gasteiger partial charge is 0.382 e. The number of amides is 2. The van der Waals surface area contributed by atoms with Crippen LogP contribution in [0.4, 0.5) is 5.82 Å². The van der Waals surface area contributed by atoms with E-state index in [1.165, 1.54) is 12.4 Å². The van der Waals surface area contributed by atoms with E-state index in [1.54, 1.807) is 0 Å². The number of nitrogens with one attached hydrogen (secondary N) is 2. The first-order valence-corrected chi connectivity index (χ1v) is 5.26. The maximum absolute atomic E-state index is 11.5. The van der Waals surface area contributed by atoms with Gasteiger partial charge < -0.3 is 16.4 Å². The van der Waals surface area contributed by atoms with E-state index < -0.39 is 0 Å². The molecule has 0 radical (unpaired) electrons. The smallest absolute Gasteiger partial charge is 0.271 e. The van der Waals surface area contributed by atoms with Gasteiger partial charge in [0.15, 0.2) is 0 Å². The van der Waals surface area contributed by atoms with Gasteiger partial charge in [-0.1, -0.05) is 0 Å². The van der Waals surface area contributed by atoms with Crippen molar-refractivity contribution in [2.45, 2.75) is 13.3 Å². The number of rotatable bonds is 5. The highest BCUT2D eigenvalue weighted by Gasteiger charge is 2.07. The van der Waals surface area contributed by atoms with Crippen molar-refractivity contribution in [2.75, 3.05) is 18.8 Å². The molecule has 0 spiro atoms. The summed E-state index contributed by atoms with van der Waals surface area (Å²) in [4.78, 5) is 30.2. The molecular formula is C10H15N5O2. The van der Waals surface area contributed by atoms with Crippen molar-refractivity contribution in [3.8, 4) is 0 Å². The van der Waals surface area contributed by atoms with Crippen LogP contribution in [-0.4, -0.2) is 34.9 Å². The SMILES string of the molecule is CCNC(=O)CCNC(=O)c1cnc(N)cn1. The molecule has 1 aromatic heterocycles. The minimum atomic E-state index is -0.373. The number of hydrogen-bond acceptors (Lipinski definition) is 5. The Balaban J connectivity index is 2.35. The summed E-state index contributed by atoms with van der Waals surface area (Å²) in [7, 11) is 0. The van der Waals surface area contributed by atoms with E-state index >= 15 is 0 Å². The average Bonchev–Trinajstić information content (AvgIpc) is 2.30. The van der Waals surface area contributed by atoms with Crippen molar-refractivity contribution in [3.05, 3.63) is 18.1 Å². The second kappa shape index (κ2) is 6.41. The molecule has 0 saturated heterocycles. The molecule has 0 aliphatic carbocycles. The summed E-state index contributed by atoms with van der Waals surface area (Å²) < 4.78 is 0. The van der Waals surface area contributed by atoms with Gasteiger partial charge in [-0.25, -0.2) is 9.97 Å². The van der Waals surface area contributed by atoms with E-state index in [-0.39, 0.29) is 36.3 Å². The lowest BCUT2D eigenvalue weighted by Gasteiger charge is -2.04. The predicted molar refractivity (Wildman–Crippen MR) is 62.1 cm³/mol. The van der Waals surface area contributed by atoms with E-state index in [9.17, 15) is 9.59 Å². The maximum Gasteiger partial charge on any atom is 0.271 e. The molecule has 7 nitrogen and oxygen atoms in total. The summed E-state index contributed by atoms with van der Waals surface area (Å²) in [6.07, 6.45) is 2.83. The molecule has 7 heteroatoms. The fourth-order valence-electron chi connectivity index (χ4n) is 1.12. The van der Waals surface area contributed by atoms with Crippen molar-refractivity contribution < 1.29 is 9.59 Å². The van der Waals surface area contributed by atoms with E-state index in [0.29, 0.717) is 6.54 Å². The third-order valence-corrected chi connectivity index (χ3v) is 1.92. The highest BCUT2D eigenvalue weighted by Crippen LogP contribution is 1.95. The number of nitrogens with zero attached hydrogens (tertiary/aromatic N) is 2. The van der Waals surface area contributed by atoms with Crippen molar-refractivity contribution in [2.24, 2.45) is 0 Å². The van der Waals surface area contributed by atoms with Gasteiger partial charge in [-0.05, 0) is 6.92 Å². The van der Waals surface area contributed by atoms with Crippen molar-refractivity contribution in [1.82, 2.24) is 20.6 Å². The molecule has 1 aromatic rings. The van der Waals surface area contributed by atoms with Gasteiger partial charge in [-0.3, -0.25) is 9.59 Å². The van der Waals surface area contributed by atoms with Crippen LogP contribution in [0.15, 0.2) is 12.4 Å². The van der Waals surface area contributed by atoms with E-state index in [0.717, 1.165) is 0 Å². The average molecular weight is 237 g/mol. The topological polar surface area (TPSA) is 110 Å². The second-order valence-corrected chi connectivity index (χ2v) is 3.29. The fraction of sp³-hybridized carbons (Fsp3) is 0.400. The first kappa shape index (κ1) is 12.9. The number of nitrogens with two attached hydrogens (primary N) is 1. The summed E-state index contributed by atoms with van der Waals surface area (Å²) in [6, 6.07) is 0. The molecule has 0 bridgehead atoms. The molecule has 92 valence electrons. The minimum Gasteiger partial charge on any atom is -0.382 e. The Morgan fingerprint density at radius 1 is 1.29 bits per heavy atom. The van der Waals surface area contributed by atoms with Crippen molar-refractivity contribution in [3.63, 3.8) is 0 Å². The first-order valence-electron chi connectivity index (χ1n) is 5.26. The van der Waals surface area contributed by atoms with Crippen molar-refractivity contribution in [1.29, 1.82) is 0 Å². The zero-order chi connectivity index (χ0) is 12.7. The Morgan fingerprint density at radius 3 is 2.65 bits per heavy atom. The first-order chi connectivity index (χ1) is 8.13. The minimum absolute atomic E-state index is 0.101. The molecule has 0 aromatic carbocycles. The normalized spacial score (nSPS) is 9.71. The van der Waals surface area contributed by atoms with E-state index in [1.807, 2.05) is 6.92 Å². The van der Waals surface area contributed by atoms with Gasteiger partial charge >= 0.3 is 0 Å². The van der Waals surface area contributed by atoms with Crippen LogP contribution >= 0.6 is 0 Å². The Hall–Kier alpha value is -2.18. The van der Waals surface area contributed by atoms with E-state index in [2.05, 4.69) is 20.6 Å². The van der Waals surface area contributed by atoms with Gasteiger partial charge in [0.05, 0.1) is 12.4 Å². The molecule has 0 aliphatic rings. The van der Waals surface area contributed by atoms with Crippen LogP contribution in [0, 0.1) is 0 Å². The lowest BCUT2D eigenvalue weighted by molar-refractivity contribution is -0.120. The highest BCUT2D eigenvalue weighted by atomic mass is 16.2. The van der Waals surface area contributed by atoms with Gasteiger partial charge in [-0.2, -0.15) is 0 Å². The summed E-state index contributed by atoms with van der Waals surface area (Å²) in [5.74, 6) is -0.220. The number of nitrogen functional groups attached to an aromatic ring is 1. The molecule has 1 heterocycles. The quantitative estimate of drug-likeness (QED) is 0.628. The maximum atomic E-state index is 11.5. The number of anilines is 1. The van der Waals surface area contributed by atoms with Crippen LogP contribution in [0.2, 0.25) is 0 Å². The third-order valence-electron chi connectivity index (χ3n) is 1.92. The van der Waals surface area contributed by atoms with E-state index in [4.69, 9.17) is 5.73 Å². The lowest BCUT2D eigenvalue weighted by Crippen LogP contribution is -2.31.